The molecule has 0 saturated carbocycles. The van der Waals surface area contributed by atoms with Crippen LogP contribution < -0.4 is 15.4 Å². The number of amides is 2. The SMILES string of the molecule is O=C(CNC(=O)OCc1ccccc1)Nc1nc(-c2ccccc2OC(F)F)cs1. The van der Waals surface area contributed by atoms with Crippen molar-refractivity contribution < 1.29 is 27.8 Å². The second kappa shape index (κ2) is 10.3. The summed E-state index contributed by atoms with van der Waals surface area (Å²) in [7, 11) is 0. The van der Waals surface area contributed by atoms with E-state index in [0.29, 0.717) is 11.3 Å². The average molecular weight is 433 g/mol. The van der Waals surface area contributed by atoms with Gasteiger partial charge in [0.15, 0.2) is 5.13 Å². The molecule has 0 fully saturated rings. The van der Waals surface area contributed by atoms with Gasteiger partial charge in [-0.25, -0.2) is 9.78 Å². The molecule has 2 amide bonds. The lowest BCUT2D eigenvalue weighted by molar-refractivity contribution is -0.115. The highest BCUT2D eigenvalue weighted by Crippen LogP contribution is 2.32. The maximum atomic E-state index is 12.6. The standard InChI is InChI=1S/C20H17F2N3O4S/c21-18(22)29-16-9-5-4-8-14(16)15-12-30-19(24-15)25-17(26)10-23-20(27)28-11-13-6-2-1-3-7-13/h1-9,12,18H,10-11H2,(H,23,27)(H,24,25,26). The number of hydrogen-bond donors (Lipinski definition) is 2. The highest BCUT2D eigenvalue weighted by molar-refractivity contribution is 7.14. The molecule has 0 aliphatic rings. The van der Waals surface area contributed by atoms with Crippen LogP contribution in [0.15, 0.2) is 60.0 Å². The molecular formula is C20H17F2N3O4S. The summed E-state index contributed by atoms with van der Waals surface area (Å²) in [6.45, 7) is -3.19. The van der Waals surface area contributed by atoms with Gasteiger partial charge in [-0.2, -0.15) is 8.78 Å². The number of hydrogen-bond acceptors (Lipinski definition) is 6. The average Bonchev–Trinajstić information content (AvgIpc) is 3.19. The van der Waals surface area contributed by atoms with Gasteiger partial charge in [-0.15, -0.1) is 11.3 Å². The molecule has 10 heteroatoms. The van der Waals surface area contributed by atoms with Gasteiger partial charge in [0.25, 0.3) is 0 Å². The van der Waals surface area contributed by atoms with Crippen LogP contribution in [0.5, 0.6) is 5.75 Å². The number of halogens is 2. The van der Waals surface area contributed by atoms with Gasteiger partial charge in [0.1, 0.15) is 18.9 Å². The zero-order valence-electron chi connectivity index (χ0n) is 15.5. The number of rotatable bonds is 8. The van der Waals surface area contributed by atoms with Gasteiger partial charge >= 0.3 is 12.7 Å². The Kier molecular flexibility index (Phi) is 7.28. The number of para-hydroxylation sites is 1. The molecule has 7 nitrogen and oxygen atoms in total. The van der Waals surface area contributed by atoms with E-state index < -0.39 is 18.6 Å². The summed E-state index contributed by atoms with van der Waals surface area (Å²) in [4.78, 5) is 27.9. The molecule has 0 radical (unpaired) electrons. The van der Waals surface area contributed by atoms with Crippen LogP contribution in [0.4, 0.5) is 18.7 Å². The fourth-order valence-electron chi connectivity index (χ4n) is 2.42. The van der Waals surface area contributed by atoms with E-state index in [0.717, 1.165) is 16.9 Å². The van der Waals surface area contributed by atoms with E-state index in [-0.39, 0.29) is 24.0 Å². The third kappa shape index (κ3) is 6.24. The lowest BCUT2D eigenvalue weighted by Crippen LogP contribution is -2.33. The van der Waals surface area contributed by atoms with E-state index in [1.807, 2.05) is 30.3 Å². The molecule has 2 N–H and O–H groups in total. The molecular weight excluding hydrogens is 416 g/mol. The Morgan fingerprint density at radius 1 is 1.07 bits per heavy atom. The van der Waals surface area contributed by atoms with Gasteiger partial charge in [0.05, 0.1) is 5.69 Å². The number of alkyl carbamates (subject to hydrolysis) is 1. The van der Waals surface area contributed by atoms with Crippen LogP contribution in [0.2, 0.25) is 0 Å². The lowest BCUT2D eigenvalue weighted by atomic mass is 10.1. The summed E-state index contributed by atoms with van der Waals surface area (Å²) in [5.41, 5.74) is 1.57. The van der Waals surface area contributed by atoms with E-state index in [4.69, 9.17) is 4.74 Å². The fraction of sp³-hybridized carbons (Fsp3) is 0.150. The van der Waals surface area contributed by atoms with E-state index in [1.54, 1.807) is 23.6 Å². The monoisotopic (exact) mass is 433 g/mol. The van der Waals surface area contributed by atoms with Crippen LogP contribution in [0.1, 0.15) is 5.56 Å². The topological polar surface area (TPSA) is 89.6 Å². The minimum absolute atomic E-state index is 0.0153. The first-order chi connectivity index (χ1) is 14.5. The lowest BCUT2D eigenvalue weighted by Gasteiger charge is -2.08. The predicted octanol–water partition coefficient (Wildman–Crippen LogP) is 4.28. The maximum absolute atomic E-state index is 12.6. The molecule has 0 bridgehead atoms. The summed E-state index contributed by atoms with van der Waals surface area (Å²) in [6, 6.07) is 15.3. The molecule has 2 aromatic carbocycles. The zero-order chi connectivity index (χ0) is 21.3. The second-order valence-electron chi connectivity index (χ2n) is 5.88. The molecule has 156 valence electrons. The molecule has 0 aliphatic heterocycles. The molecule has 0 unspecified atom stereocenters. The number of nitrogens with one attached hydrogen (secondary N) is 2. The number of alkyl halides is 2. The number of ether oxygens (including phenoxy) is 2. The Bertz CT molecular complexity index is 998. The molecule has 30 heavy (non-hydrogen) atoms. The van der Waals surface area contributed by atoms with Crippen LogP contribution in [0, 0.1) is 0 Å². The molecule has 3 aromatic rings. The van der Waals surface area contributed by atoms with Crippen LogP contribution >= 0.6 is 11.3 Å². The molecule has 0 aliphatic carbocycles. The van der Waals surface area contributed by atoms with Crippen LogP contribution in [-0.4, -0.2) is 30.1 Å². The number of anilines is 1. The van der Waals surface area contributed by atoms with Crippen molar-refractivity contribution >= 4 is 28.5 Å². The highest BCUT2D eigenvalue weighted by atomic mass is 32.1. The zero-order valence-corrected chi connectivity index (χ0v) is 16.3. The number of aromatic nitrogens is 1. The Hall–Kier alpha value is -3.53. The summed E-state index contributed by atoms with van der Waals surface area (Å²) in [5, 5.41) is 6.73. The third-order valence-corrected chi connectivity index (χ3v) is 4.49. The number of carbonyl (C=O) groups excluding carboxylic acids is 2. The summed E-state index contributed by atoms with van der Waals surface area (Å²) < 4.78 is 34.6. The van der Waals surface area contributed by atoms with Crippen molar-refractivity contribution in [1.82, 2.24) is 10.3 Å². The highest BCUT2D eigenvalue weighted by Gasteiger charge is 2.14. The van der Waals surface area contributed by atoms with Gasteiger partial charge in [-0.3, -0.25) is 4.79 Å². The largest absolute Gasteiger partial charge is 0.445 e. The van der Waals surface area contributed by atoms with Gasteiger partial charge in [0.2, 0.25) is 5.91 Å². The number of benzene rings is 2. The van der Waals surface area contributed by atoms with Crippen molar-refractivity contribution in [3.8, 4) is 17.0 Å². The Morgan fingerprint density at radius 2 is 1.80 bits per heavy atom. The smallest absolute Gasteiger partial charge is 0.407 e. The Labute approximate surface area is 174 Å². The maximum Gasteiger partial charge on any atom is 0.407 e. The summed E-state index contributed by atoms with van der Waals surface area (Å²) in [6.07, 6.45) is -0.730. The van der Waals surface area contributed by atoms with E-state index in [1.165, 1.54) is 6.07 Å². The predicted molar refractivity (Wildman–Crippen MR) is 107 cm³/mol. The van der Waals surface area contributed by atoms with Crippen molar-refractivity contribution in [2.24, 2.45) is 0 Å². The number of nitrogens with zero attached hydrogens (tertiary/aromatic N) is 1. The minimum atomic E-state index is -2.96. The van der Waals surface area contributed by atoms with Crippen molar-refractivity contribution in [3.63, 3.8) is 0 Å². The van der Waals surface area contributed by atoms with E-state index >= 15 is 0 Å². The third-order valence-electron chi connectivity index (χ3n) is 3.74. The van der Waals surface area contributed by atoms with E-state index in [2.05, 4.69) is 20.4 Å². The second-order valence-corrected chi connectivity index (χ2v) is 6.73. The minimum Gasteiger partial charge on any atom is -0.445 e. The molecule has 1 aromatic heterocycles. The number of carbonyl (C=O) groups is 2. The van der Waals surface area contributed by atoms with E-state index in [9.17, 15) is 18.4 Å². The first-order valence-corrected chi connectivity index (χ1v) is 9.63. The Balaban J connectivity index is 1.50. The van der Waals surface area contributed by atoms with Crippen LogP contribution in [-0.2, 0) is 16.1 Å². The fourth-order valence-corrected chi connectivity index (χ4v) is 3.15. The number of thiazole rings is 1. The van der Waals surface area contributed by atoms with Crippen LogP contribution in [0.3, 0.4) is 0 Å². The first kappa shape index (κ1) is 21.2. The molecule has 1 heterocycles. The van der Waals surface area contributed by atoms with Crippen molar-refractivity contribution in [2.45, 2.75) is 13.2 Å². The molecule has 0 atom stereocenters. The van der Waals surface area contributed by atoms with Crippen molar-refractivity contribution in [2.75, 3.05) is 11.9 Å². The summed E-state index contributed by atoms with van der Waals surface area (Å²) >= 11 is 1.11. The molecule has 3 rings (SSSR count). The van der Waals surface area contributed by atoms with Crippen molar-refractivity contribution in [1.29, 1.82) is 0 Å². The Morgan fingerprint density at radius 3 is 2.57 bits per heavy atom. The van der Waals surface area contributed by atoms with Crippen molar-refractivity contribution in [3.05, 3.63) is 65.5 Å². The molecule has 0 saturated heterocycles. The quantitative estimate of drug-likeness (QED) is 0.554. The van der Waals surface area contributed by atoms with Gasteiger partial charge in [0, 0.05) is 10.9 Å². The molecule has 0 spiro atoms. The van der Waals surface area contributed by atoms with Crippen LogP contribution in [0.25, 0.3) is 11.3 Å². The summed E-state index contributed by atoms with van der Waals surface area (Å²) in [5.74, 6) is -0.525. The first-order valence-electron chi connectivity index (χ1n) is 8.75. The van der Waals surface area contributed by atoms with Gasteiger partial charge in [-0.05, 0) is 17.7 Å². The normalized spacial score (nSPS) is 10.5. The van der Waals surface area contributed by atoms with Gasteiger partial charge in [-0.1, -0.05) is 42.5 Å². The van der Waals surface area contributed by atoms with Gasteiger partial charge < -0.3 is 20.1 Å².